The second kappa shape index (κ2) is 9.38. The maximum Gasteiger partial charge on any atom is 0.249 e. The highest BCUT2D eigenvalue weighted by molar-refractivity contribution is 5.76. The lowest BCUT2D eigenvalue weighted by molar-refractivity contribution is -0.122. The van der Waals surface area contributed by atoms with Crippen LogP contribution in [0.4, 0.5) is 0 Å². The van der Waals surface area contributed by atoms with Crippen LogP contribution in [0.1, 0.15) is 37.9 Å². The van der Waals surface area contributed by atoms with Gasteiger partial charge in [0.1, 0.15) is 6.04 Å². The summed E-state index contributed by atoms with van der Waals surface area (Å²) < 4.78 is 5.45. The maximum atomic E-state index is 12.6. The topological polar surface area (TPSA) is 96.7 Å². The molecule has 31 heavy (non-hydrogen) atoms. The first-order valence-corrected chi connectivity index (χ1v) is 10.4. The standard InChI is InChI=1S/C24H25N5O2/c1-16(2)22(24-28-23(29-31-24)18-9-6-14-25-15-18)27-21(30)13-11-19-10-12-20(26-19)17-7-4-3-5-8-17/h3-10,12,14-16,22,26H,11,13H2,1-2H3,(H,27,30). The van der Waals surface area contributed by atoms with Gasteiger partial charge >= 0.3 is 0 Å². The number of pyridine rings is 1. The summed E-state index contributed by atoms with van der Waals surface area (Å²) in [5.41, 5.74) is 3.96. The van der Waals surface area contributed by atoms with E-state index in [1.807, 2.05) is 56.3 Å². The van der Waals surface area contributed by atoms with Gasteiger partial charge in [0.2, 0.25) is 17.6 Å². The van der Waals surface area contributed by atoms with E-state index in [1.165, 1.54) is 0 Å². The zero-order chi connectivity index (χ0) is 21.6. The van der Waals surface area contributed by atoms with Gasteiger partial charge in [-0.25, -0.2) is 0 Å². The zero-order valence-electron chi connectivity index (χ0n) is 17.6. The number of aryl methyl sites for hydroxylation is 1. The molecule has 0 fully saturated rings. The van der Waals surface area contributed by atoms with Crippen LogP contribution in [-0.4, -0.2) is 26.0 Å². The number of nitrogens with one attached hydrogen (secondary N) is 2. The normalized spacial score (nSPS) is 12.1. The second-order valence-corrected chi connectivity index (χ2v) is 7.75. The molecule has 0 radical (unpaired) electrons. The van der Waals surface area contributed by atoms with Gasteiger partial charge in [0, 0.05) is 35.8 Å². The number of hydrogen-bond acceptors (Lipinski definition) is 5. The largest absolute Gasteiger partial charge is 0.358 e. The minimum absolute atomic E-state index is 0.0595. The predicted molar refractivity (Wildman–Crippen MR) is 118 cm³/mol. The van der Waals surface area contributed by atoms with Crippen molar-refractivity contribution in [3.63, 3.8) is 0 Å². The molecule has 1 aromatic carbocycles. The van der Waals surface area contributed by atoms with E-state index in [0.29, 0.717) is 24.6 Å². The molecule has 3 heterocycles. The zero-order valence-corrected chi connectivity index (χ0v) is 17.6. The summed E-state index contributed by atoms with van der Waals surface area (Å²) in [6.45, 7) is 4.02. The average Bonchev–Trinajstić information content (AvgIpc) is 3.47. The van der Waals surface area contributed by atoms with E-state index in [2.05, 4.69) is 37.6 Å². The minimum Gasteiger partial charge on any atom is -0.358 e. The quantitative estimate of drug-likeness (QED) is 0.439. The highest BCUT2D eigenvalue weighted by Gasteiger charge is 2.25. The van der Waals surface area contributed by atoms with Gasteiger partial charge < -0.3 is 14.8 Å². The van der Waals surface area contributed by atoms with E-state index >= 15 is 0 Å². The number of amides is 1. The molecule has 0 bridgehead atoms. The predicted octanol–water partition coefficient (Wildman–Crippen LogP) is 4.57. The SMILES string of the molecule is CC(C)C(NC(=O)CCc1ccc(-c2ccccc2)[nH]1)c1nc(-c2cccnc2)no1. The molecular weight excluding hydrogens is 390 g/mol. The van der Waals surface area contributed by atoms with Crippen molar-refractivity contribution in [2.24, 2.45) is 5.92 Å². The molecule has 2 N–H and O–H groups in total. The van der Waals surface area contributed by atoms with Crippen LogP contribution in [0.5, 0.6) is 0 Å². The van der Waals surface area contributed by atoms with Crippen molar-refractivity contribution in [2.45, 2.75) is 32.7 Å². The molecule has 1 amide bonds. The van der Waals surface area contributed by atoms with E-state index in [9.17, 15) is 4.79 Å². The summed E-state index contributed by atoms with van der Waals surface area (Å²) in [6, 6.07) is 17.5. The molecule has 158 valence electrons. The summed E-state index contributed by atoms with van der Waals surface area (Å²) >= 11 is 0. The fourth-order valence-electron chi connectivity index (χ4n) is 3.35. The number of H-pyrrole nitrogens is 1. The Bertz CT molecular complexity index is 1120. The third kappa shape index (κ3) is 5.06. The van der Waals surface area contributed by atoms with Crippen molar-refractivity contribution in [3.05, 3.63) is 78.6 Å². The Morgan fingerprint density at radius 1 is 1.06 bits per heavy atom. The van der Waals surface area contributed by atoms with Gasteiger partial charge in [-0.15, -0.1) is 0 Å². The van der Waals surface area contributed by atoms with E-state index in [0.717, 1.165) is 22.5 Å². The number of aromatic nitrogens is 4. The second-order valence-electron chi connectivity index (χ2n) is 7.75. The van der Waals surface area contributed by atoms with Crippen molar-refractivity contribution in [1.82, 2.24) is 25.4 Å². The third-order valence-electron chi connectivity index (χ3n) is 5.06. The lowest BCUT2D eigenvalue weighted by Gasteiger charge is -2.18. The molecule has 0 spiro atoms. The summed E-state index contributed by atoms with van der Waals surface area (Å²) in [5, 5.41) is 7.08. The Hall–Kier alpha value is -3.74. The number of carbonyl (C=O) groups is 1. The smallest absolute Gasteiger partial charge is 0.249 e. The lowest BCUT2D eigenvalue weighted by Crippen LogP contribution is -2.32. The van der Waals surface area contributed by atoms with E-state index < -0.39 is 0 Å². The molecule has 1 atom stereocenters. The highest BCUT2D eigenvalue weighted by Crippen LogP contribution is 2.24. The van der Waals surface area contributed by atoms with Crippen LogP contribution in [0.25, 0.3) is 22.6 Å². The molecule has 0 saturated carbocycles. The number of benzene rings is 1. The summed E-state index contributed by atoms with van der Waals surface area (Å²) in [7, 11) is 0. The van der Waals surface area contributed by atoms with Crippen LogP contribution in [-0.2, 0) is 11.2 Å². The number of hydrogen-bond donors (Lipinski definition) is 2. The summed E-state index contributed by atoms with van der Waals surface area (Å²) in [6.07, 6.45) is 4.35. The Balaban J connectivity index is 1.37. The first kappa shape index (κ1) is 20.5. The van der Waals surface area contributed by atoms with E-state index in [4.69, 9.17) is 4.52 Å². The van der Waals surface area contributed by atoms with Crippen molar-refractivity contribution >= 4 is 5.91 Å². The Morgan fingerprint density at radius 2 is 1.87 bits per heavy atom. The van der Waals surface area contributed by atoms with Crippen molar-refractivity contribution in [3.8, 4) is 22.6 Å². The van der Waals surface area contributed by atoms with Gasteiger partial charge in [-0.3, -0.25) is 9.78 Å². The fourth-order valence-corrected chi connectivity index (χ4v) is 3.35. The molecule has 0 saturated heterocycles. The monoisotopic (exact) mass is 415 g/mol. The molecule has 7 nitrogen and oxygen atoms in total. The van der Waals surface area contributed by atoms with E-state index in [1.54, 1.807) is 12.4 Å². The Morgan fingerprint density at radius 3 is 2.61 bits per heavy atom. The van der Waals surface area contributed by atoms with Crippen molar-refractivity contribution in [1.29, 1.82) is 0 Å². The lowest BCUT2D eigenvalue weighted by atomic mass is 10.0. The molecule has 1 unspecified atom stereocenters. The third-order valence-corrected chi connectivity index (χ3v) is 5.06. The number of carbonyl (C=O) groups excluding carboxylic acids is 1. The van der Waals surface area contributed by atoms with Gasteiger partial charge in [-0.2, -0.15) is 4.98 Å². The Kier molecular flexibility index (Phi) is 6.21. The molecule has 4 rings (SSSR count). The van der Waals surface area contributed by atoms with Crippen LogP contribution in [0.15, 0.2) is 71.5 Å². The summed E-state index contributed by atoms with van der Waals surface area (Å²) in [4.78, 5) is 24.6. The van der Waals surface area contributed by atoms with Gasteiger partial charge in [-0.1, -0.05) is 49.3 Å². The molecule has 0 aliphatic rings. The molecule has 7 heteroatoms. The van der Waals surface area contributed by atoms with Gasteiger partial charge in [0.15, 0.2) is 0 Å². The summed E-state index contributed by atoms with van der Waals surface area (Å²) in [5.74, 6) is 0.897. The fraction of sp³-hybridized carbons (Fsp3) is 0.250. The first-order valence-electron chi connectivity index (χ1n) is 10.4. The van der Waals surface area contributed by atoms with Crippen LogP contribution in [0, 0.1) is 5.92 Å². The van der Waals surface area contributed by atoms with Crippen LogP contribution >= 0.6 is 0 Å². The van der Waals surface area contributed by atoms with Crippen LogP contribution in [0.2, 0.25) is 0 Å². The van der Waals surface area contributed by atoms with Crippen LogP contribution < -0.4 is 5.32 Å². The van der Waals surface area contributed by atoms with Crippen LogP contribution in [0.3, 0.4) is 0 Å². The van der Waals surface area contributed by atoms with E-state index in [-0.39, 0.29) is 17.9 Å². The number of nitrogens with zero attached hydrogens (tertiary/aromatic N) is 3. The maximum absolute atomic E-state index is 12.6. The van der Waals surface area contributed by atoms with Crippen molar-refractivity contribution in [2.75, 3.05) is 0 Å². The first-order chi connectivity index (χ1) is 15.1. The Labute approximate surface area is 180 Å². The molecule has 4 aromatic rings. The van der Waals surface area contributed by atoms with Gasteiger partial charge in [-0.05, 0) is 42.2 Å². The number of aromatic amines is 1. The molecule has 0 aliphatic carbocycles. The minimum atomic E-state index is -0.353. The average molecular weight is 415 g/mol. The highest BCUT2D eigenvalue weighted by atomic mass is 16.5. The van der Waals surface area contributed by atoms with Crippen molar-refractivity contribution < 1.29 is 9.32 Å². The molecule has 0 aliphatic heterocycles. The van der Waals surface area contributed by atoms with Gasteiger partial charge in [0.25, 0.3) is 0 Å². The van der Waals surface area contributed by atoms with Gasteiger partial charge in [0.05, 0.1) is 0 Å². The number of rotatable bonds is 8. The molecule has 3 aromatic heterocycles. The molecular formula is C24H25N5O2.